The maximum atomic E-state index is 12.5. The van der Waals surface area contributed by atoms with Crippen LogP contribution in [0.3, 0.4) is 0 Å². The standard InChI is InChI=1S/C30H22BrN3O4/c31-25-14-17-27(38-28(35)18-11-21-7-3-1-4-8-21)24(19-25)20-32-34-30(37)23-12-15-26(16-13-23)33-29(36)22-9-5-2-6-10-22/h1-20H,(H,33,36)(H,34,37)/b18-11+,32-20-. The molecule has 0 unspecified atom stereocenters. The van der Waals surface area contributed by atoms with Crippen LogP contribution < -0.4 is 15.5 Å². The van der Waals surface area contributed by atoms with Crippen LogP contribution in [0.2, 0.25) is 0 Å². The van der Waals surface area contributed by atoms with Gasteiger partial charge in [-0.25, -0.2) is 10.2 Å². The van der Waals surface area contributed by atoms with Crippen LogP contribution in [-0.4, -0.2) is 24.0 Å². The Bertz CT molecular complexity index is 1490. The molecular weight excluding hydrogens is 546 g/mol. The first-order valence-corrected chi connectivity index (χ1v) is 12.3. The van der Waals surface area contributed by atoms with Gasteiger partial charge in [0.2, 0.25) is 0 Å². The fourth-order valence-electron chi connectivity index (χ4n) is 3.31. The van der Waals surface area contributed by atoms with Gasteiger partial charge in [-0.1, -0.05) is 64.5 Å². The molecule has 0 atom stereocenters. The molecule has 0 bridgehead atoms. The summed E-state index contributed by atoms with van der Waals surface area (Å²) in [5.74, 6) is -0.947. The van der Waals surface area contributed by atoms with E-state index in [0.29, 0.717) is 22.4 Å². The first-order chi connectivity index (χ1) is 18.5. The molecule has 0 aliphatic carbocycles. The predicted octanol–water partition coefficient (Wildman–Crippen LogP) is 6.08. The number of hydrazone groups is 1. The second-order valence-corrected chi connectivity index (χ2v) is 8.86. The molecule has 4 aromatic carbocycles. The van der Waals surface area contributed by atoms with Crippen molar-refractivity contribution < 1.29 is 19.1 Å². The van der Waals surface area contributed by atoms with Gasteiger partial charge < -0.3 is 10.1 Å². The molecule has 0 aromatic heterocycles. The van der Waals surface area contributed by atoms with Crippen LogP contribution in [0.15, 0.2) is 119 Å². The maximum Gasteiger partial charge on any atom is 0.336 e. The molecular formula is C30H22BrN3O4. The Labute approximate surface area is 228 Å². The van der Waals surface area contributed by atoms with Gasteiger partial charge in [0.25, 0.3) is 11.8 Å². The van der Waals surface area contributed by atoms with Crippen molar-refractivity contribution in [1.29, 1.82) is 0 Å². The van der Waals surface area contributed by atoms with E-state index in [1.165, 1.54) is 12.3 Å². The first kappa shape index (κ1) is 26.2. The number of esters is 1. The van der Waals surface area contributed by atoms with E-state index in [9.17, 15) is 14.4 Å². The number of amides is 2. The van der Waals surface area contributed by atoms with Gasteiger partial charge in [-0.15, -0.1) is 0 Å². The molecule has 0 aliphatic rings. The normalized spacial score (nSPS) is 10.9. The number of carbonyl (C=O) groups excluding carboxylic acids is 3. The summed E-state index contributed by atoms with van der Waals surface area (Å²) in [6.07, 6.45) is 4.39. The number of benzene rings is 4. The van der Waals surface area contributed by atoms with Gasteiger partial charge in [0.1, 0.15) is 5.75 Å². The molecule has 4 rings (SSSR count). The number of nitrogens with one attached hydrogen (secondary N) is 2. The number of halogens is 1. The van der Waals surface area contributed by atoms with Crippen LogP contribution in [-0.2, 0) is 4.79 Å². The number of hydrogen-bond donors (Lipinski definition) is 2. The summed E-state index contributed by atoms with van der Waals surface area (Å²) in [6.45, 7) is 0. The zero-order chi connectivity index (χ0) is 26.7. The molecule has 0 heterocycles. The van der Waals surface area contributed by atoms with Gasteiger partial charge in [0.15, 0.2) is 0 Å². The van der Waals surface area contributed by atoms with Gasteiger partial charge in [0.05, 0.1) is 6.21 Å². The van der Waals surface area contributed by atoms with Crippen molar-refractivity contribution in [2.24, 2.45) is 5.10 Å². The van der Waals surface area contributed by atoms with Crippen molar-refractivity contribution in [3.05, 3.63) is 136 Å². The summed E-state index contributed by atoms with van der Waals surface area (Å²) in [5.41, 5.74) is 5.26. The highest BCUT2D eigenvalue weighted by molar-refractivity contribution is 9.10. The molecule has 188 valence electrons. The van der Waals surface area contributed by atoms with Crippen molar-refractivity contribution >= 4 is 51.7 Å². The lowest BCUT2D eigenvalue weighted by atomic mass is 10.1. The lowest BCUT2D eigenvalue weighted by Crippen LogP contribution is -2.18. The van der Waals surface area contributed by atoms with Gasteiger partial charge >= 0.3 is 5.97 Å². The minimum Gasteiger partial charge on any atom is -0.423 e. The summed E-state index contributed by atoms with van der Waals surface area (Å²) >= 11 is 3.39. The van der Waals surface area contributed by atoms with E-state index in [4.69, 9.17) is 4.74 Å². The third-order valence-corrected chi connectivity index (χ3v) is 5.70. The van der Waals surface area contributed by atoms with E-state index in [1.807, 2.05) is 36.4 Å². The van der Waals surface area contributed by atoms with Crippen LogP contribution in [0.1, 0.15) is 31.8 Å². The number of nitrogens with zero attached hydrogens (tertiary/aromatic N) is 1. The van der Waals surface area contributed by atoms with Gasteiger partial charge in [-0.05, 0) is 66.2 Å². The molecule has 0 spiro atoms. The van der Waals surface area contributed by atoms with Gasteiger partial charge in [-0.2, -0.15) is 5.10 Å². The van der Waals surface area contributed by atoms with Gasteiger partial charge in [0, 0.05) is 32.9 Å². The number of hydrogen-bond acceptors (Lipinski definition) is 5. The van der Waals surface area contributed by atoms with E-state index in [0.717, 1.165) is 10.0 Å². The Balaban J connectivity index is 1.36. The number of carbonyl (C=O) groups is 3. The molecule has 0 radical (unpaired) electrons. The van der Waals surface area contributed by atoms with Crippen molar-refractivity contribution in [2.75, 3.05) is 5.32 Å². The molecule has 8 heteroatoms. The third-order valence-electron chi connectivity index (χ3n) is 5.20. The Morgan fingerprint density at radius 2 is 1.42 bits per heavy atom. The second kappa shape index (κ2) is 12.9. The quantitative estimate of drug-likeness (QED) is 0.0885. The van der Waals surface area contributed by atoms with Crippen molar-refractivity contribution in [1.82, 2.24) is 5.43 Å². The fourth-order valence-corrected chi connectivity index (χ4v) is 3.69. The monoisotopic (exact) mass is 567 g/mol. The molecule has 7 nitrogen and oxygen atoms in total. The minimum absolute atomic E-state index is 0.242. The average Bonchev–Trinajstić information content (AvgIpc) is 2.94. The van der Waals surface area contributed by atoms with Crippen LogP contribution >= 0.6 is 15.9 Å². The van der Waals surface area contributed by atoms with E-state index >= 15 is 0 Å². The van der Waals surface area contributed by atoms with E-state index in [2.05, 4.69) is 31.8 Å². The Kier molecular flexibility index (Phi) is 8.93. The molecule has 0 saturated heterocycles. The molecule has 0 saturated carbocycles. The van der Waals surface area contributed by atoms with E-state index < -0.39 is 11.9 Å². The largest absolute Gasteiger partial charge is 0.423 e. The Morgan fingerprint density at radius 1 is 0.763 bits per heavy atom. The van der Waals surface area contributed by atoms with E-state index in [1.54, 1.807) is 72.8 Å². The highest BCUT2D eigenvalue weighted by atomic mass is 79.9. The molecule has 0 aliphatic heterocycles. The predicted molar refractivity (Wildman–Crippen MR) is 151 cm³/mol. The summed E-state index contributed by atoms with van der Waals surface area (Å²) in [7, 11) is 0. The van der Waals surface area contributed by atoms with Crippen LogP contribution in [0.4, 0.5) is 5.69 Å². The molecule has 4 aromatic rings. The minimum atomic E-state index is -0.547. The van der Waals surface area contributed by atoms with E-state index in [-0.39, 0.29) is 11.7 Å². The maximum absolute atomic E-state index is 12.5. The third kappa shape index (κ3) is 7.59. The second-order valence-electron chi connectivity index (χ2n) is 7.94. The summed E-state index contributed by atoms with van der Waals surface area (Å²) in [6, 6.07) is 29.7. The first-order valence-electron chi connectivity index (χ1n) is 11.5. The lowest BCUT2D eigenvalue weighted by Gasteiger charge is -2.07. The molecule has 38 heavy (non-hydrogen) atoms. The average molecular weight is 568 g/mol. The van der Waals surface area contributed by atoms with Crippen LogP contribution in [0, 0.1) is 0 Å². The highest BCUT2D eigenvalue weighted by Crippen LogP contribution is 2.22. The smallest absolute Gasteiger partial charge is 0.336 e. The summed E-state index contributed by atoms with van der Waals surface area (Å²) in [4.78, 5) is 37.1. The summed E-state index contributed by atoms with van der Waals surface area (Å²) < 4.78 is 6.20. The number of rotatable bonds is 8. The molecule has 2 amide bonds. The zero-order valence-electron chi connectivity index (χ0n) is 20.0. The van der Waals surface area contributed by atoms with Crippen molar-refractivity contribution in [3.8, 4) is 5.75 Å². The van der Waals surface area contributed by atoms with Crippen molar-refractivity contribution in [3.63, 3.8) is 0 Å². The van der Waals surface area contributed by atoms with Crippen molar-refractivity contribution in [2.45, 2.75) is 0 Å². The van der Waals surface area contributed by atoms with Crippen LogP contribution in [0.25, 0.3) is 6.08 Å². The zero-order valence-corrected chi connectivity index (χ0v) is 21.6. The molecule has 2 N–H and O–H groups in total. The number of ether oxygens (including phenoxy) is 1. The Morgan fingerprint density at radius 3 is 2.13 bits per heavy atom. The topological polar surface area (TPSA) is 96.9 Å². The highest BCUT2D eigenvalue weighted by Gasteiger charge is 2.09. The van der Waals surface area contributed by atoms with Crippen LogP contribution in [0.5, 0.6) is 5.75 Å². The summed E-state index contributed by atoms with van der Waals surface area (Å²) in [5, 5.41) is 6.79. The SMILES string of the molecule is O=C(/C=C/c1ccccc1)Oc1ccc(Br)cc1/C=N\NC(=O)c1ccc(NC(=O)c2ccccc2)cc1. The Hall–Kier alpha value is -4.82. The molecule has 0 fully saturated rings. The lowest BCUT2D eigenvalue weighted by molar-refractivity contribution is -0.128. The van der Waals surface area contributed by atoms with Gasteiger partial charge in [-0.3, -0.25) is 9.59 Å². The number of anilines is 1. The fraction of sp³-hybridized carbons (Fsp3) is 0.